The molecule has 2 fully saturated rings. The van der Waals surface area contributed by atoms with Gasteiger partial charge >= 0.3 is 6.18 Å². The van der Waals surface area contributed by atoms with Crippen LogP contribution in [-0.4, -0.2) is 79.4 Å². The number of carbonyl (C=O) groups excluding carboxylic acids is 3. The Morgan fingerprint density at radius 1 is 1.08 bits per heavy atom. The molecule has 0 saturated carbocycles. The maximum Gasteiger partial charge on any atom is 0.416 e. The monoisotopic (exact) mass is 551 g/mol. The summed E-state index contributed by atoms with van der Waals surface area (Å²) >= 11 is 6.12. The van der Waals surface area contributed by atoms with Crippen molar-refractivity contribution >= 4 is 40.7 Å². The molecule has 4 rings (SSSR count). The summed E-state index contributed by atoms with van der Waals surface area (Å²) in [4.78, 5) is 43.6. The smallest absolute Gasteiger partial charge is 0.369 e. The fourth-order valence-electron chi connectivity index (χ4n) is 4.60. The van der Waals surface area contributed by atoms with Crippen molar-refractivity contribution < 1.29 is 27.6 Å². The van der Waals surface area contributed by atoms with Crippen LogP contribution in [0.15, 0.2) is 42.5 Å². The van der Waals surface area contributed by atoms with Gasteiger partial charge in [-0.1, -0.05) is 23.7 Å². The largest absolute Gasteiger partial charge is 0.416 e. The summed E-state index contributed by atoms with van der Waals surface area (Å²) in [6.07, 6.45) is -4.61. The number of nitrogens with zero attached hydrogens (tertiary/aromatic N) is 3. The number of piperazine rings is 2. The lowest BCUT2D eigenvalue weighted by Gasteiger charge is -2.39. The number of carbonyl (C=O) groups is 3. The number of aryl methyl sites for hydroxylation is 1. The number of nitrogens with one attached hydrogen (secondary N) is 2. The second kappa shape index (κ2) is 11.6. The summed E-state index contributed by atoms with van der Waals surface area (Å²) in [5.41, 5.74) is 1.15. The minimum Gasteiger partial charge on any atom is -0.369 e. The van der Waals surface area contributed by atoms with E-state index >= 15 is 0 Å². The van der Waals surface area contributed by atoms with Gasteiger partial charge in [0.25, 0.3) is 0 Å². The van der Waals surface area contributed by atoms with Crippen LogP contribution in [0, 0.1) is 6.92 Å². The van der Waals surface area contributed by atoms with E-state index in [4.69, 9.17) is 11.6 Å². The molecule has 0 aromatic heterocycles. The lowest BCUT2D eigenvalue weighted by molar-refractivity contribution is -0.145. The highest BCUT2D eigenvalue weighted by Gasteiger charge is 2.36. The quantitative estimate of drug-likeness (QED) is 0.576. The topological polar surface area (TPSA) is 85.0 Å². The minimum absolute atomic E-state index is 0.0510. The SMILES string of the molecule is Cc1ccc(NC(=O)C[C@@H]2C(=O)NCCN2C(=O)CN2CCN(c3cccc(C(F)(F)F)c3)CC2)cc1Cl. The average Bonchev–Trinajstić information content (AvgIpc) is 2.87. The van der Waals surface area contributed by atoms with Gasteiger partial charge in [0.15, 0.2) is 0 Å². The third-order valence-corrected chi connectivity index (χ3v) is 7.16. The molecule has 0 radical (unpaired) electrons. The van der Waals surface area contributed by atoms with Gasteiger partial charge in [0.2, 0.25) is 17.7 Å². The lowest BCUT2D eigenvalue weighted by Crippen LogP contribution is -2.60. The van der Waals surface area contributed by atoms with Crippen molar-refractivity contribution in [2.75, 3.05) is 56.0 Å². The van der Waals surface area contributed by atoms with Crippen LogP contribution in [0.1, 0.15) is 17.5 Å². The van der Waals surface area contributed by atoms with E-state index in [9.17, 15) is 27.6 Å². The van der Waals surface area contributed by atoms with Crippen LogP contribution in [0.5, 0.6) is 0 Å². The van der Waals surface area contributed by atoms with Crippen LogP contribution < -0.4 is 15.5 Å². The molecule has 2 saturated heterocycles. The Balaban J connectivity index is 1.33. The van der Waals surface area contributed by atoms with Crippen LogP contribution in [0.3, 0.4) is 0 Å². The number of halogens is 4. The molecule has 12 heteroatoms. The van der Waals surface area contributed by atoms with E-state index in [2.05, 4.69) is 10.6 Å². The molecule has 2 aliphatic heterocycles. The molecule has 2 aromatic carbocycles. The molecule has 0 spiro atoms. The summed E-state index contributed by atoms with van der Waals surface area (Å²) in [7, 11) is 0. The average molecular weight is 552 g/mol. The Hall–Kier alpha value is -3.31. The van der Waals surface area contributed by atoms with Crippen LogP contribution in [0.4, 0.5) is 24.5 Å². The van der Waals surface area contributed by atoms with Gasteiger partial charge < -0.3 is 20.4 Å². The van der Waals surface area contributed by atoms with Crippen molar-refractivity contribution in [3.8, 4) is 0 Å². The van der Waals surface area contributed by atoms with E-state index in [1.165, 1.54) is 11.0 Å². The zero-order chi connectivity index (χ0) is 27.4. The highest BCUT2D eigenvalue weighted by molar-refractivity contribution is 6.31. The lowest BCUT2D eigenvalue weighted by atomic mass is 10.1. The Morgan fingerprint density at radius 2 is 1.82 bits per heavy atom. The molecule has 2 heterocycles. The van der Waals surface area contributed by atoms with Gasteiger partial charge in [-0.05, 0) is 42.8 Å². The Bertz CT molecular complexity index is 1200. The fourth-order valence-corrected chi connectivity index (χ4v) is 4.78. The molecule has 0 aliphatic carbocycles. The number of benzene rings is 2. The van der Waals surface area contributed by atoms with Crippen LogP contribution in [0.2, 0.25) is 5.02 Å². The Morgan fingerprint density at radius 3 is 2.50 bits per heavy atom. The first kappa shape index (κ1) is 27.7. The van der Waals surface area contributed by atoms with Gasteiger partial charge in [0.1, 0.15) is 6.04 Å². The van der Waals surface area contributed by atoms with Crippen molar-refractivity contribution in [3.05, 3.63) is 58.6 Å². The Labute approximate surface area is 223 Å². The molecule has 38 heavy (non-hydrogen) atoms. The van der Waals surface area contributed by atoms with E-state index in [-0.39, 0.29) is 25.4 Å². The maximum atomic E-state index is 13.2. The van der Waals surface area contributed by atoms with Crippen LogP contribution in [0.25, 0.3) is 0 Å². The van der Waals surface area contributed by atoms with Gasteiger partial charge in [0.05, 0.1) is 18.5 Å². The predicted molar refractivity (Wildman–Crippen MR) is 138 cm³/mol. The van der Waals surface area contributed by atoms with Gasteiger partial charge in [-0.3, -0.25) is 19.3 Å². The number of alkyl halides is 3. The Kier molecular flexibility index (Phi) is 8.47. The van der Waals surface area contributed by atoms with E-state index in [0.717, 1.165) is 17.7 Å². The maximum absolute atomic E-state index is 13.2. The highest BCUT2D eigenvalue weighted by Crippen LogP contribution is 2.32. The van der Waals surface area contributed by atoms with Gasteiger partial charge in [-0.25, -0.2) is 0 Å². The molecule has 2 aliphatic rings. The molecule has 8 nitrogen and oxygen atoms in total. The molecular weight excluding hydrogens is 523 g/mol. The first-order valence-corrected chi connectivity index (χ1v) is 12.7. The summed E-state index contributed by atoms with van der Waals surface area (Å²) in [6, 6.07) is 9.37. The zero-order valence-corrected chi connectivity index (χ0v) is 21.6. The number of hydrogen-bond donors (Lipinski definition) is 2. The molecule has 2 N–H and O–H groups in total. The third kappa shape index (κ3) is 6.76. The predicted octanol–water partition coefficient (Wildman–Crippen LogP) is 3.15. The molecule has 3 amide bonds. The van der Waals surface area contributed by atoms with E-state index in [1.807, 2.05) is 16.7 Å². The fraction of sp³-hybridized carbons (Fsp3) is 0.423. The summed E-state index contributed by atoms with van der Waals surface area (Å²) in [5.74, 6) is -1.08. The summed E-state index contributed by atoms with van der Waals surface area (Å²) in [6.45, 7) is 4.33. The van der Waals surface area contributed by atoms with Gasteiger partial charge in [-0.2, -0.15) is 13.2 Å². The number of anilines is 2. The number of hydrogen-bond acceptors (Lipinski definition) is 5. The standard InChI is InChI=1S/C26H29ClF3N5O3/c1-17-5-6-19(14-21(17)27)32-23(36)15-22-25(38)31-7-8-35(22)24(37)16-33-9-11-34(12-10-33)20-4-2-3-18(13-20)26(28,29)30/h2-6,13-14,22H,7-12,15-16H2,1H3,(H,31,38)(H,32,36)/t22-/m1/s1. The zero-order valence-electron chi connectivity index (χ0n) is 20.9. The van der Waals surface area contributed by atoms with E-state index < -0.39 is 29.6 Å². The van der Waals surface area contributed by atoms with Crippen LogP contribution >= 0.6 is 11.6 Å². The van der Waals surface area contributed by atoms with Crippen molar-refractivity contribution in [1.82, 2.24) is 15.1 Å². The van der Waals surface area contributed by atoms with Crippen molar-refractivity contribution in [2.24, 2.45) is 0 Å². The van der Waals surface area contributed by atoms with Crippen molar-refractivity contribution in [1.29, 1.82) is 0 Å². The second-order valence-corrected chi connectivity index (χ2v) is 9.83. The molecule has 1 atom stereocenters. The number of rotatable bonds is 6. The van der Waals surface area contributed by atoms with Crippen molar-refractivity contribution in [3.63, 3.8) is 0 Å². The summed E-state index contributed by atoms with van der Waals surface area (Å²) in [5, 5.41) is 5.94. The third-order valence-electron chi connectivity index (χ3n) is 6.76. The van der Waals surface area contributed by atoms with Crippen molar-refractivity contribution in [2.45, 2.75) is 25.6 Å². The molecule has 0 bridgehead atoms. The first-order chi connectivity index (χ1) is 18.0. The molecule has 0 unspecified atom stereocenters. The molecular formula is C26H29ClF3N5O3. The first-order valence-electron chi connectivity index (χ1n) is 12.3. The van der Waals surface area contributed by atoms with Gasteiger partial charge in [0, 0.05) is 55.7 Å². The molecule has 2 aromatic rings. The normalized spacial score (nSPS) is 18.8. The van der Waals surface area contributed by atoms with E-state index in [1.54, 1.807) is 24.3 Å². The van der Waals surface area contributed by atoms with Crippen LogP contribution in [-0.2, 0) is 20.6 Å². The highest BCUT2D eigenvalue weighted by atomic mass is 35.5. The summed E-state index contributed by atoms with van der Waals surface area (Å²) < 4.78 is 39.2. The van der Waals surface area contributed by atoms with E-state index in [0.29, 0.717) is 49.1 Å². The number of amides is 3. The minimum atomic E-state index is -4.41. The molecule has 204 valence electrons. The second-order valence-electron chi connectivity index (χ2n) is 9.42. The van der Waals surface area contributed by atoms with Gasteiger partial charge in [-0.15, -0.1) is 0 Å².